The second-order valence-corrected chi connectivity index (χ2v) is 2.89. The molecule has 0 fully saturated rings. The Hall–Kier alpha value is -1.80. The summed E-state index contributed by atoms with van der Waals surface area (Å²) in [7, 11) is 0. The van der Waals surface area contributed by atoms with Crippen LogP contribution in [0.25, 0.3) is 10.4 Å². The molecule has 0 saturated heterocycles. The first-order valence-electron chi connectivity index (χ1n) is 4.39. The van der Waals surface area contributed by atoms with Crippen LogP contribution in [-0.4, -0.2) is 6.29 Å². The van der Waals surface area contributed by atoms with E-state index in [-0.39, 0.29) is 6.54 Å². The first-order chi connectivity index (χ1) is 6.81. The molecule has 0 radical (unpaired) electrons. The molecule has 0 spiro atoms. The van der Waals surface area contributed by atoms with Gasteiger partial charge in [-0.05, 0) is 29.1 Å². The fourth-order valence-electron chi connectivity index (χ4n) is 1.23. The van der Waals surface area contributed by atoms with Crippen LogP contribution in [0.4, 0.5) is 0 Å². The summed E-state index contributed by atoms with van der Waals surface area (Å²) in [6.07, 6.45) is 1.68. The predicted octanol–water partition coefficient (Wildman–Crippen LogP) is 2.87. The summed E-state index contributed by atoms with van der Waals surface area (Å²) >= 11 is 0. The Kier molecular flexibility index (Phi) is 3.70. The van der Waals surface area contributed by atoms with Crippen molar-refractivity contribution in [2.24, 2.45) is 5.11 Å². The molecular weight excluding hydrogens is 178 g/mol. The van der Waals surface area contributed by atoms with Crippen molar-refractivity contribution in [2.45, 2.75) is 19.9 Å². The Bertz CT molecular complexity index is 381. The number of carbonyl (C=O) groups is 1. The molecule has 0 unspecified atom stereocenters. The maximum absolute atomic E-state index is 10.7. The molecule has 0 aliphatic heterocycles. The maximum atomic E-state index is 10.7. The van der Waals surface area contributed by atoms with Gasteiger partial charge in [-0.3, -0.25) is 4.79 Å². The molecule has 1 rings (SSSR count). The second-order valence-electron chi connectivity index (χ2n) is 2.89. The van der Waals surface area contributed by atoms with Crippen molar-refractivity contribution in [3.05, 3.63) is 45.3 Å². The van der Waals surface area contributed by atoms with Crippen molar-refractivity contribution in [1.29, 1.82) is 0 Å². The van der Waals surface area contributed by atoms with E-state index in [1.165, 1.54) is 0 Å². The summed E-state index contributed by atoms with van der Waals surface area (Å²) in [5, 5.41) is 3.43. The van der Waals surface area contributed by atoms with E-state index in [0.29, 0.717) is 5.56 Å². The van der Waals surface area contributed by atoms with Crippen molar-refractivity contribution in [3.63, 3.8) is 0 Å². The van der Waals surface area contributed by atoms with E-state index in [9.17, 15) is 4.79 Å². The number of aryl methyl sites for hydroxylation is 1. The minimum absolute atomic E-state index is 0.231. The summed E-state index contributed by atoms with van der Waals surface area (Å²) in [5.74, 6) is 0. The average molecular weight is 189 g/mol. The van der Waals surface area contributed by atoms with Crippen molar-refractivity contribution < 1.29 is 4.79 Å². The van der Waals surface area contributed by atoms with E-state index in [0.717, 1.165) is 23.8 Å². The van der Waals surface area contributed by atoms with Gasteiger partial charge in [-0.2, -0.15) is 0 Å². The number of carbonyl (C=O) groups excluding carboxylic acids is 1. The molecule has 4 heteroatoms. The topological polar surface area (TPSA) is 65.8 Å². The molecule has 72 valence electrons. The van der Waals surface area contributed by atoms with Gasteiger partial charge in [-0.1, -0.05) is 24.2 Å². The molecular formula is C10H11N3O. The van der Waals surface area contributed by atoms with Gasteiger partial charge in [0.15, 0.2) is 0 Å². The lowest BCUT2D eigenvalue weighted by molar-refractivity contribution is 0.112. The quantitative estimate of drug-likeness (QED) is 0.311. The van der Waals surface area contributed by atoms with Crippen LogP contribution < -0.4 is 0 Å². The normalized spacial score (nSPS) is 9.21. The molecule has 0 aliphatic rings. The third-order valence-electron chi connectivity index (χ3n) is 2.05. The van der Waals surface area contributed by atoms with Gasteiger partial charge in [0.1, 0.15) is 6.29 Å². The van der Waals surface area contributed by atoms with Crippen molar-refractivity contribution in [2.75, 3.05) is 0 Å². The molecule has 0 saturated carbocycles. The predicted molar refractivity (Wildman–Crippen MR) is 54.1 cm³/mol. The summed E-state index contributed by atoms with van der Waals surface area (Å²) in [6, 6.07) is 5.60. The van der Waals surface area contributed by atoms with Gasteiger partial charge >= 0.3 is 0 Å². The zero-order valence-electron chi connectivity index (χ0n) is 7.97. The minimum atomic E-state index is 0.231. The van der Waals surface area contributed by atoms with Crippen molar-refractivity contribution in [3.8, 4) is 0 Å². The van der Waals surface area contributed by atoms with E-state index >= 15 is 0 Å². The number of aldehydes is 1. The lowest BCUT2D eigenvalue weighted by Gasteiger charge is -2.03. The lowest BCUT2D eigenvalue weighted by Crippen LogP contribution is -1.93. The highest BCUT2D eigenvalue weighted by Crippen LogP contribution is 2.12. The van der Waals surface area contributed by atoms with Crippen LogP contribution in [0.15, 0.2) is 23.3 Å². The molecule has 0 aromatic heterocycles. The Labute approximate surface area is 82.2 Å². The van der Waals surface area contributed by atoms with Gasteiger partial charge in [0, 0.05) is 10.5 Å². The monoisotopic (exact) mass is 189 g/mol. The molecule has 14 heavy (non-hydrogen) atoms. The zero-order valence-corrected chi connectivity index (χ0v) is 7.97. The largest absolute Gasteiger partial charge is 0.298 e. The van der Waals surface area contributed by atoms with Gasteiger partial charge < -0.3 is 0 Å². The number of nitrogens with zero attached hydrogens (tertiary/aromatic N) is 3. The molecule has 0 N–H and O–H groups in total. The number of hydrogen-bond acceptors (Lipinski definition) is 2. The van der Waals surface area contributed by atoms with Gasteiger partial charge in [-0.15, -0.1) is 0 Å². The number of rotatable bonds is 4. The Morgan fingerprint density at radius 1 is 1.57 bits per heavy atom. The van der Waals surface area contributed by atoms with Gasteiger partial charge in [-0.25, -0.2) is 0 Å². The molecule has 1 aromatic rings. The highest BCUT2D eigenvalue weighted by atomic mass is 16.1. The Morgan fingerprint density at radius 3 is 2.93 bits per heavy atom. The van der Waals surface area contributed by atoms with Crippen LogP contribution in [0.2, 0.25) is 0 Å². The molecule has 0 amide bonds. The standard InChI is InChI=1S/C10H11N3O/c1-2-8-3-4-9(6-12-13-11)10(5-8)7-14/h3-5,7H,2,6H2,1H3. The SMILES string of the molecule is CCc1ccc(CN=[N+]=[N-])c(C=O)c1. The van der Waals surface area contributed by atoms with E-state index < -0.39 is 0 Å². The zero-order chi connectivity index (χ0) is 10.4. The number of benzene rings is 1. The highest BCUT2D eigenvalue weighted by molar-refractivity contribution is 5.77. The molecule has 1 aromatic carbocycles. The average Bonchev–Trinajstić information content (AvgIpc) is 2.26. The molecule has 0 heterocycles. The maximum Gasteiger partial charge on any atom is 0.150 e. The van der Waals surface area contributed by atoms with Crippen LogP contribution in [0, 0.1) is 0 Å². The third kappa shape index (κ3) is 2.34. The summed E-state index contributed by atoms with van der Waals surface area (Å²) in [5.41, 5.74) is 10.7. The molecule has 0 atom stereocenters. The van der Waals surface area contributed by atoms with Gasteiger partial charge in [0.2, 0.25) is 0 Å². The fourth-order valence-corrected chi connectivity index (χ4v) is 1.23. The van der Waals surface area contributed by atoms with Crippen LogP contribution >= 0.6 is 0 Å². The Balaban J connectivity index is 3.04. The van der Waals surface area contributed by atoms with Crippen LogP contribution in [0.1, 0.15) is 28.4 Å². The highest BCUT2D eigenvalue weighted by Gasteiger charge is 2.01. The number of hydrogen-bond donors (Lipinski definition) is 0. The van der Waals surface area contributed by atoms with E-state index in [2.05, 4.69) is 10.0 Å². The van der Waals surface area contributed by atoms with E-state index in [4.69, 9.17) is 5.53 Å². The number of azide groups is 1. The first kappa shape index (κ1) is 10.3. The van der Waals surface area contributed by atoms with Crippen LogP contribution in [-0.2, 0) is 13.0 Å². The minimum Gasteiger partial charge on any atom is -0.298 e. The third-order valence-corrected chi connectivity index (χ3v) is 2.05. The molecule has 4 nitrogen and oxygen atoms in total. The Morgan fingerprint density at radius 2 is 2.36 bits per heavy atom. The molecule has 0 bridgehead atoms. The molecule has 0 aliphatic carbocycles. The smallest absolute Gasteiger partial charge is 0.150 e. The van der Waals surface area contributed by atoms with E-state index in [1.54, 1.807) is 0 Å². The van der Waals surface area contributed by atoms with Gasteiger partial charge in [0.25, 0.3) is 0 Å². The van der Waals surface area contributed by atoms with Crippen LogP contribution in [0.5, 0.6) is 0 Å². The van der Waals surface area contributed by atoms with Crippen LogP contribution in [0.3, 0.4) is 0 Å². The summed E-state index contributed by atoms with van der Waals surface area (Å²) in [4.78, 5) is 13.4. The lowest BCUT2D eigenvalue weighted by atomic mass is 10.0. The van der Waals surface area contributed by atoms with Crippen molar-refractivity contribution in [1.82, 2.24) is 0 Å². The summed E-state index contributed by atoms with van der Waals surface area (Å²) < 4.78 is 0. The first-order valence-corrected chi connectivity index (χ1v) is 4.39. The summed E-state index contributed by atoms with van der Waals surface area (Å²) in [6.45, 7) is 2.26. The van der Waals surface area contributed by atoms with Gasteiger partial charge in [0.05, 0.1) is 6.54 Å². The van der Waals surface area contributed by atoms with Crippen molar-refractivity contribution >= 4 is 6.29 Å². The fraction of sp³-hybridized carbons (Fsp3) is 0.300. The van der Waals surface area contributed by atoms with E-state index in [1.807, 2.05) is 25.1 Å². The second kappa shape index (κ2) is 5.04.